The Kier molecular flexibility index (Phi) is 4.87. The maximum absolute atomic E-state index is 11.8. The summed E-state index contributed by atoms with van der Waals surface area (Å²) < 4.78 is 1.91. The molecule has 0 bridgehead atoms. The van der Waals surface area contributed by atoms with E-state index in [2.05, 4.69) is 34.6 Å². The van der Waals surface area contributed by atoms with E-state index in [0.29, 0.717) is 19.5 Å². The lowest BCUT2D eigenvalue weighted by Gasteiger charge is -2.07. The number of carbonyl (C=O) groups is 1. The van der Waals surface area contributed by atoms with Crippen molar-refractivity contribution >= 4 is 5.91 Å². The molecule has 2 rings (SSSR count). The van der Waals surface area contributed by atoms with Crippen molar-refractivity contribution in [1.82, 2.24) is 20.1 Å². The lowest BCUT2D eigenvalue weighted by molar-refractivity contribution is -0.120. The van der Waals surface area contributed by atoms with Crippen molar-refractivity contribution in [3.05, 3.63) is 47.5 Å². The molecule has 0 aliphatic carbocycles. The number of hydrogen-bond acceptors (Lipinski definition) is 3. The maximum atomic E-state index is 11.8. The number of nitrogens with zero attached hydrogens (tertiary/aromatic N) is 3. The van der Waals surface area contributed by atoms with Crippen LogP contribution < -0.4 is 5.32 Å². The van der Waals surface area contributed by atoms with Crippen LogP contribution in [0.5, 0.6) is 0 Å². The summed E-state index contributed by atoms with van der Waals surface area (Å²) in [7, 11) is 0. The summed E-state index contributed by atoms with van der Waals surface area (Å²) in [6, 6.07) is 8.18. The molecule has 1 heterocycles. The average Bonchev–Trinajstić information content (AvgIpc) is 2.85. The van der Waals surface area contributed by atoms with Crippen molar-refractivity contribution < 1.29 is 4.79 Å². The van der Waals surface area contributed by atoms with Crippen LogP contribution in [0.3, 0.4) is 0 Å². The van der Waals surface area contributed by atoms with Crippen LogP contribution in [0.1, 0.15) is 23.9 Å². The number of aromatic nitrogens is 3. The molecular formula is C15H20N4O. The zero-order valence-corrected chi connectivity index (χ0v) is 12.0. The SMILES string of the molecule is CCc1ccc(CC(=O)NCCn2cnnc2C)cc1. The van der Waals surface area contributed by atoms with Crippen LogP contribution in [0, 0.1) is 6.92 Å². The van der Waals surface area contributed by atoms with E-state index in [1.54, 1.807) is 6.33 Å². The van der Waals surface area contributed by atoms with Crippen LogP contribution >= 0.6 is 0 Å². The Morgan fingerprint density at radius 2 is 1.95 bits per heavy atom. The third kappa shape index (κ3) is 3.91. The van der Waals surface area contributed by atoms with Gasteiger partial charge < -0.3 is 9.88 Å². The Balaban J connectivity index is 1.76. The molecule has 0 unspecified atom stereocenters. The molecule has 1 N–H and O–H groups in total. The Labute approximate surface area is 119 Å². The molecule has 20 heavy (non-hydrogen) atoms. The highest BCUT2D eigenvalue weighted by atomic mass is 16.1. The van der Waals surface area contributed by atoms with Crippen molar-refractivity contribution in [3.8, 4) is 0 Å². The van der Waals surface area contributed by atoms with Crippen molar-refractivity contribution in [2.75, 3.05) is 6.54 Å². The van der Waals surface area contributed by atoms with Crippen molar-refractivity contribution in [1.29, 1.82) is 0 Å². The summed E-state index contributed by atoms with van der Waals surface area (Å²) in [5, 5.41) is 10.6. The van der Waals surface area contributed by atoms with Gasteiger partial charge in [0.25, 0.3) is 0 Å². The van der Waals surface area contributed by atoms with E-state index in [4.69, 9.17) is 0 Å². The topological polar surface area (TPSA) is 59.8 Å². The number of carbonyl (C=O) groups excluding carboxylic acids is 1. The molecule has 1 amide bonds. The molecule has 1 aromatic carbocycles. The summed E-state index contributed by atoms with van der Waals surface area (Å²) in [5.74, 6) is 0.898. The zero-order valence-electron chi connectivity index (χ0n) is 12.0. The Hall–Kier alpha value is -2.17. The van der Waals surface area contributed by atoms with Crippen LogP contribution in [-0.2, 0) is 24.2 Å². The number of nitrogens with one attached hydrogen (secondary N) is 1. The van der Waals surface area contributed by atoms with E-state index in [1.165, 1.54) is 5.56 Å². The van der Waals surface area contributed by atoms with Crippen molar-refractivity contribution in [3.63, 3.8) is 0 Å². The predicted molar refractivity (Wildman–Crippen MR) is 77.3 cm³/mol. The second-order valence-electron chi connectivity index (χ2n) is 4.77. The highest BCUT2D eigenvalue weighted by Gasteiger charge is 2.04. The number of hydrogen-bond donors (Lipinski definition) is 1. The summed E-state index contributed by atoms with van der Waals surface area (Å²) in [5.41, 5.74) is 2.33. The molecule has 0 saturated heterocycles. The highest BCUT2D eigenvalue weighted by molar-refractivity contribution is 5.78. The van der Waals surface area contributed by atoms with Gasteiger partial charge in [0.2, 0.25) is 5.91 Å². The van der Waals surface area contributed by atoms with Gasteiger partial charge in [0.1, 0.15) is 12.2 Å². The lowest BCUT2D eigenvalue weighted by atomic mass is 10.1. The van der Waals surface area contributed by atoms with E-state index < -0.39 is 0 Å². The molecule has 0 aliphatic rings. The first kappa shape index (κ1) is 14.2. The second-order valence-corrected chi connectivity index (χ2v) is 4.77. The fourth-order valence-corrected chi connectivity index (χ4v) is 1.99. The Morgan fingerprint density at radius 1 is 1.25 bits per heavy atom. The molecule has 5 heteroatoms. The molecular weight excluding hydrogens is 252 g/mol. The number of aryl methyl sites for hydroxylation is 2. The second kappa shape index (κ2) is 6.84. The molecule has 0 spiro atoms. The van der Waals surface area contributed by atoms with Crippen LogP contribution in [0.25, 0.3) is 0 Å². The summed E-state index contributed by atoms with van der Waals surface area (Å²) in [6.07, 6.45) is 3.11. The first-order valence-corrected chi connectivity index (χ1v) is 6.88. The van der Waals surface area contributed by atoms with E-state index in [-0.39, 0.29) is 5.91 Å². The summed E-state index contributed by atoms with van der Waals surface area (Å²) in [4.78, 5) is 11.8. The van der Waals surface area contributed by atoms with Crippen LogP contribution in [0.15, 0.2) is 30.6 Å². The largest absolute Gasteiger partial charge is 0.354 e. The molecule has 2 aromatic rings. The van der Waals surface area contributed by atoms with Gasteiger partial charge in [-0.3, -0.25) is 4.79 Å². The number of rotatable bonds is 6. The van der Waals surface area contributed by atoms with Gasteiger partial charge in [-0.05, 0) is 24.5 Å². The number of amides is 1. The van der Waals surface area contributed by atoms with E-state index in [9.17, 15) is 4.79 Å². The molecule has 1 aromatic heterocycles. The van der Waals surface area contributed by atoms with Gasteiger partial charge in [0.15, 0.2) is 0 Å². The first-order chi connectivity index (χ1) is 9.69. The first-order valence-electron chi connectivity index (χ1n) is 6.88. The quantitative estimate of drug-likeness (QED) is 0.867. The summed E-state index contributed by atoms with van der Waals surface area (Å²) >= 11 is 0. The minimum Gasteiger partial charge on any atom is -0.354 e. The van der Waals surface area contributed by atoms with Crippen molar-refractivity contribution in [2.45, 2.75) is 33.2 Å². The van der Waals surface area contributed by atoms with E-state index in [1.807, 2.05) is 23.6 Å². The molecule has 0 radical (unpaired) electrons. The van der Waals surface area contributed by atoms with Gasteiger partial charge in [-0.1, -0.05) is 31.2 Å². The van der Waals surface area contributed by atoms with Crippen LogP contribution in [0.2, 0.25) is 0 Å². The predicted octanol–water partition coefficient (Wildman–Crippen LogP) is 1.51. The van der Waals surface area contributed by atoms with E-state index in [0.717, 1.165) is 17.8 Å². The third-order valence-corrected chi connectivity index (χ3v) is 3.28. The van der Waals surface area contributed by atoms with Gasteiger partial charge in [-0.15, -0.1) is 10.2 Å². The van der Waals surface area contributed by atoms with Gasteiger partial charge in [0, 0.05) is 13.1 Å². The van der Waals surface area contributed by atoms with Crippen molar-refractivity contribution in [2.24, 2.45) is 0 Å². The molecule has 0 saturated carbocycles. The van der Waals surface area contributed by atoms with Gasteiger partial charge in [-0.25, -0.2) is 0 Å². The molecule has 0 fully saturated rings. The fourth-order valence-electron chi connectivity index (χ4n) is 1.99. The number of benzene rings is 1. The minimum absolute atomic E-state index is 0.0416. The third-order valence-electron chi connectivity index (χ3n) is 3.28. The normalized spacial score (nSPS) is 10.5. The highest BCUT2D eigenvalue weighted by Crippen LogP contribution is 2.05. The zero-order chi connectivity index (χ0) is 14.4. The smallest absolute Gasteiger partial charge is 0.224 e. The van der Waals surface area contributed by atoms with E-state index >= 15 is 0 Å². The van der Waals surface area contributed by atoms with Crippen LogP contribution in [0.4, 0.5) is 0 Å². The lowest BCUT2D eigenvalue weighted by Crippen LogP contribution is -2.28. The standard InChI is InChI=1S/C15H20N4O/c1-3-13-4-6-14(7-5-13)10-15(20)16-8-9-19-11-17-18-12(19)2/h4-7,11H,3,8-10H2,1-2H3,(H,16,20). The van der Waals surface area contributed by atoms with Gasteiger partial charge >= 0.3 is 0 Å². The Bertz CT molecular complexity index is 560. The summed E-state index contributed by atoms with van der Waals surface area (Å²) in [6.45, 7) is 5.29. The fraction of sp³-hybridized carbons (Fsp3) is 0.400. The molecule has 106 valence electrons. The maximum Gasteiger partial charge on any atom is 0.224 e. The minimum atomic E-state index is 0.0416. The molecule has 0 aliphatic heterocycles. The van der Waals surface area contributed by atoms with Gasteiger partial charge in [0.05, 0.1) is 6.42 Å². The molecule has 5 nitrogen and oxygen atoms in total. The van der Waals surface area contributed by atoms with Gasteiger partial charge in [-0.2, -0.15) is 0 Å². The monoisotopic (exact) mass is 272 g/mol. The van der Waals surface area contributed by atoms with Crippen LogP contribution in [-0.4, -0.2) is 27.2 Å². The average molecular weight is 272 g/mol. The Morgan fingerprint density at radius 3 is 2.55 bits per heavy atom. The molecule has 0 atom stereocenters.